The van der Waals surface area contributed by atoms with E-state index in [2.05, 4.69) is 42.5 Å². The molecule has 202 valence electrons. The number of carbonyl (C=O) groups is 2. The second-order valence-corrected chi connectivity index (χ2v) is 9.26. The monoisotopic (exact) mass is 676 g/mol. The second kappa shape index (κ2) is 10.6. The third-order valence-electron chi connectivity index (χ3n) is 5.06. The van der Waals surface area contributed by atoms with Gasteiger partial charge in [0.2, 0.25) is 0 Å². The number of hydrogen-bond acceptors (Lipinski definition) is 2. The molecule has 0 fully saturated rings. The Kier molecular flexibility index (Phi) is 8.22. The van der Waals surface area contributed by atoms with Crippen LogP contribution in [0.1, 0.15) is 26.3 Å². The van der Waals surface area contributed by atoms with Gasteiger partial charge < -0.3 is 10.6 Å². The van der Waals surface area contributed by atoms with Gasteiger partial charge in [-0.05, 0) is 80.4 Å². The number of rotatable bonds is 5. The zero-order valence-electron chi connectivity index (χ0n) is 18.2. The molecule has 0 aliphatic rings. The Hall–Kier alpha value is -3.07. The molecule has 38 heavy (non-hydrogen) atoms. The highest BCUT2D eigenvalue weighted by molar-refractivity contribution is 9.11. The van der Waals surface area contributed by atoms with E-state index in [9.17, 15) is 49.1 Å². The smallest absolute Gasteiger partial charge is 0.320 e. The lowest BCUT2D eigenvalue weighted by atomic mass is 9.94. The van der Waals surface area contributed by atoms with E-state index < -0.39 is 72.9 Å². The minimum Gasteiger partial charge on any atom is -0.320 e. The summed E-state index contributed by atoms with van der Waals surface area (Å²) in [6.45, 7) is 0. The third kappa shape index (κ3) is 5.67. The van der Waals surface area contributed by atoms with E-state index in [1.54, 1.807) is 0 Å². The fraction of sp³-hybridized carbons (Fsp3) is 0.130. The first-order valence-electron chi connectivity index (χ1n) is 9.96. The Bertz CT molecular complexity index is 1350. The van der Waals surface area contributed by atoms with Crippen LogP contribution in [0.3, 0.4) is 0 Å². The lowest BCUT2D eigenvalue weighted by Crippen LogP contribution is -2.50. The zero-order chi connectivity index (χ0) is 28.6. The van der Waals surface area contributed by atoms with Crippen LogP contribution < -0.4 is 10.6 Å². The molecule has 0 unspecified atom stereocenters. The molecular formula is C23H11Br2F9N2O2. The summed E-state index contributed by atoms with van der Waals surface area (Å²) in [4.78, 5) is 25.0. The van der Waals surface area contributed by atoms with Crippen molar-refractivity contribution in [2.24, 2.45) is 0 Å². The quantitative estimate of drug-likeness (QED) is 0.267. The van der Waals surface area contributed by atoms with Crippen molar-refractivity contribution in [2.45, 2.75) is 18.0 Å². The first kappa shape index (κ1) is 29.5. The van der Waals surface area contributed by atoms with Gasteiger partial charge in [0.1, 0.15) is 5.82 Å². The van der Waals surface area contributed by atoms with Crippen molar-refractivity contribution < 1.29 is 49.1 Å². The molecule has 0 aliphatic heterocycles. The molecule has 4 nitrogen and oxygen atoms in total. The summed E-state index contributed by atoms with van der Waals surface area (Å²) in [6, 6.07) is 7.85. The van der Waals surface area contributed by atoms with Crippen LogP contribution in [0.4, 0.5) is 50.9 Å². The zero-order valence-corrected chi connectivity index (χ0v) is 21.3. The number of anilines is 2. The molecule has 2 amide bonds. The summed E-state index contributed by atoms with van der Waals surface area (Å²) in [6.07, 6.45) is -12.7. The van der Waals surface area contributed by atoms with Crippen molar-refractivity contribution in [2.75, 3.05) is 10.6 Å². The molecule has 0 atom stereocenters. The molecule has 0 aromatic heterocycles. The van der Waals surface area contributed by atoms with E-state index in [-0.39, 0.29) is 17.7 Å². The van der Waals surface area contributed by atoms with Crippen molar-refractivity contribution in [1.82, 2.24) is 0 Å². The van der Waals surface area contributed by atoms with Crippen LogP contribution in [0.2, 0.25) is 0 Å². The first-order chi connectivity index (χ1) is 17.5. The van der Waals surface area contributed by atoms with Crippen LogP contribution in [0.25, 0.3) is 0 Å². The van der Waals surface area contributed by atoms with E-state index in [0.29, 0.717) is 0 Å². The summed E-state index contributed by atoms with van der Waals surface area (Å²) in [5.41, 5.74) is -9.16. The maximum absolute atomic E-state index is 15.0. The van der Waals surface area contributed by atoms with Gasteiger partial charge in [0.15, 0.2) is 5.82 Å². The molecule has 3 aromatic rings. The number of alkyl halides is 7. The summed E-state index contributed by atoms with van der Waals surface area (Å²) in [5, 5.41) is 4.29. The van der Waals surface area contributed by atoms with Crippen molar-refractivity contribution in [3.8, 4) is 0 Å². The Labute approximate surface area is 224 Å². The highest BCUT2D eigenvalue weighted by atomic mass is 79.9. The van der Waals surface area contributed by atoms with Gasteiger partial charge in [-0.25, -0.2) is 13.2 Å². The first-order valence-corrected chi connectivity index (χ1v) is 11.5. The van der Waals surface area contributed by atoms with Gasteiger partial charge in [-0.3, -0.25) is 9.59 Å². The van der Waals surface area contributed by atoms with Gasteiger partial charge in [0.25, 0.3) is 11.8 Å². The molecular weight excluding hydrogens is 667 g/mol. The fourth-order valence-corrected chi connectivity index (χ4v) is 4.54. The largest absolute Gasteiger partial charge is 0.435 e. The number of halogens is 11. The topological polar surface area (TPSA) is 58.2 Å². The molecule has 15 heteroatoms. The number of amides is 2. The average molecular weight is 678 g/mol. The van der Waals surface area contributed by atoms with Crippen molar-refractivity contribution in [1.29, 1.82) is 0 Å². The van der Waals surface area contributed by atoms with E-state index in [4.69, 9.17) is 0 Å². The molecule has 0 spiro atoms. The Morgan fingerprint density at radius 2 is 1.24 bits per heavy atom. The molecule has 0 saturated carbocycles. The van der Waals surface area contributed by atoms with E-state index >= 15 is 0 Å². The Morgan fingerprint density at radius 3 is 1.74 bits per heavy atom. The minimum absolute atomic E-state index is 0.0322. The van der Waals surface area contributed by atoms with Crippen LogP contribution >= 0.6 is 31.9 Å². The SMILES string of the molecule is O=C(Nc1cccc(C(=O)Nc2c(Br)cc(C(F)(C(F)(F)F)C(F)(F)F)cc2Br)c1F)c1ccc(F)cc1. The molecule has 0 radical (unpaired) electrons. The number of nitrogens with one attached hydrogen (secondary N) is 2. The molecule has 2 N–H and O–H groups in total. The molecule has 3 aromatic carbocycles. The van der Waals surface area contributed by atoms with E-state index in [1.807, 2.05) is 0 Å². The summed E-state index contributed by atoms with van der Waals surface area (Å²) in [7, 11) is 0. The average Bonchev–Trinajstić information content (AvgIpc) is 2.80. The van der Waals surface area contributed by atoms with Gasteiger partial charge in [-0.15, -0.1) is 0 Å². The van der Waals surface area contributed by atoms with Crippen molar-refractivity contribution in [3.63, 3.8) is 0 Å². The summed E-state index contributed by atoms with van der Waals surface area (Å²) in [5.74, 6) is -3.91. The Morgan fingerprint density at radius 1 is 0.711 bits per heavy atom. The molecule has 0 bridgehead atoms. The van der Waals surface area contributed by atoms with Crippen molar-refractivity contribution >= 4 is 55.0 Å². The van der Waals surface area contributed by atoms with Crippen molar-refractivity contribution in [3.05, 3.63) is 91.9 Å². The van der Waals surface area contributed by atoms with Gasteiger partial charge in [0, 0.05) is 20.1 Å². The number of carbonyl (C=O) groups excluding carboxylic acids is 2. The maximum atomic E-state index is 15.0. The highest BCUT2D eigenvalue weighted by Gasteiger charge is 2.73. The summed E-state index contributed by atoms with van der Waals surface area (Å²) < 4.78 is 120. The maximum Gasteiger partial charge on any atom is 0.435 e. The second-order valence-electron chi connectivity index (χ2n) is 7.55. The predicted molar refractivity (Wildman–Crippen MR) is 125 cm³/mol. The fourth-order valence-electron chi connectivity index (χ4n) is 3.16. The van der Waals surface area contributed by atoms with Gasteiger partial charge >= 0.3 is 18.0 Å². The predicted octanol–water partition coefficient (Wildman–Crippen LogP) is 8.28. The van der Waals surface area contributed by atoms with Gasteiger partial charge in [0.05, 0.1) is 16.9 Å². The lowest BCUT2D eigenvalue weighted by Gasteiger charge is -2.31. The van der Waals surface area contributed by atoms with Crippen LogP contribution in [-0.2, 0) is 5.67 Å². The van der Waals surface area contributed by atoms with Gasteiger partial charge in [-0.2, -0.15) is 26.3 Å². The third-order valence-corrected chi connectivity index (χ3v) is 6.31. The lowest BCUT2D eigenvalue weighted by molar-refractivity contribution is -0.348. The Balaban J connectivity index is 1.91. The standard InChI is InChI=1S/C23H11Br2F9N2O2/c24-14-8-11(21(28,22(29,30)31)23(32,33)34)9-15(25)18(14)36-20(38)13-2-1-3-16(17(13)27)35-19(37)10-4-6-12(26)7-5-10/h1-9H,(H,35,37)(H,36,38). The summed E-state index contributed by atoms with van der Waals surface area (Å²) >= 11 is 5.40. The van der Waals surface area contributed by atoms with Crippen LogP contribution in [0, 0.1) is 11.6 Å². The molecule has 0 aliphatic carbocycles. The van der Waals surface area contributed by atoms with E-state index in [1.165, 1.54) is 6.07 Å². The molecule has 0 saturated heterocycles. The van der Waals surface area contributed by atoms with Gasteiger partial charge in [-0.1, -0.05) is 6.07 Å². The molecule has 0 heterocycles. The minimum atomic E-state index is -6.36. The number of hydrogen-bond donors (Lipinski definition) is 2. The molecule has 3 rings (SSSR count). The number of benzene rings is 3. The van der Waals surface area contributed by atoms with Crippen LogP contribution in [0.5, 0.6) is 0 Å². The van der Waals surface area contributed by atoms with Crippen LogP contribution in [0.15, 0.2) is 63.5 Å². The van der Waals surface area contributed by atoms with Crippen LogP contribution in [-0.4, -0.2) is 24.2 Å². The normalized spacial score (nSPS) is 12.3. The van der Waals surface area contributed by atoms with E-state index in [0.717, 1.165) is 36.4 Å². The highest BCUT2D eigenvalue weighted by Crippen LogP contribution is 2.54.